The standard InChI is InChI=1S/C18H27N5O2/c1-12(2)7-16(24)11-21-18(25)20-10-15-5-6-17(19-9-15)23-14(4)8-13(3)22-23/h5-6,8-9,12,16,24H,7,10-11H2,1-4H3,(H2,20,21,25). The minimum absolute atomic E-state index is 0.249. The minimum atomic E-state index is -0.521. The Balaban J connectivity index is 1.81. The summed E-state index contributed by atoms with van der Waals surface area (Å²) >= 11 is 0. The van der Waals surface area contributed by atoms with Gasteiger partial charge in [0.2, 0.25) is 0 Å². The molecule has 0 fully saturated rings. The maximum atomic E-state index is 11.8. The highest BCUT2D eigenvalue weighted by molar-refractivity contribution is 5.73. The number of aryl methyl sites for hydroxylation is 2. The number of nitrogens with one attached hydrogen (secondary N) is 2. The van der Waals surface area contributed by atoms with Gasteiger partial charge in [-0.25, -0.2) is 14.5 Å². The van der Waals surface area contributed by atoms with Crippen LogP contribution in [0.5, 0.6) is 0 Å². The first-order valence-corrected chi connectivity index (χ1v) is 8.53. The second-order valence-electron chi connectivity index (χ2n) is 6.71. The van der Waals surface area contributed by atoms with Crippen LogP contribution >= 0.6 is 0 Å². The Morgan fingerprint density at radius 3 is 2.60 bits per heavy atom. The third-order valence-electron chi connectivity index (χ3n) is 3.73. The van der Waals surface area contributed by atoms with E-state index in [2.05, 4.69) is 20.7 Å². The molecule has 3 N–H and O–H groups in total. The predicted molar refractivity (Wildman–Crippen MR) is 96.5 cm³/mol. The molecule has 0 saturated heterocycles. The van der Waals surface area contributed by atoms with Gasteiger partial charge in [0.25, 0.3) is 0 Å². The third-order valence-corrected chi connectivity index (χ3v) is 3.73. The zero-order chi connectivity index (χ0) is 18.4. The molecule has 7 nitrogen and oxygen atoms in total. The third kappa shape index (κ3) is 5.86. The van der Waals surface area contributed by atoms with E-state index < -0.39 is 6.10 Å². The smallest absolute Gasteiger partial charge is 0.315 e. The highest BCUT2D eigenvalue weighted by atomic mass is 16.3. The summed E-state index contributed by atoms with van der Waals surface area (Å²) in [5.74, 6) is 1.14. The van der Waals surface area contributed by atoms with Crippen molar-refractivity contribution in [3.05, 3.63) is 41.3 Å². The lowest BCUT2D eigenvalue weighted by Gasteiger charge is -2.14. The summed E-state index contributed by atoms with van der Waals surface area (Å²) in [5, 5.41) is 19.6. The molecule has 2 rings (SSSR count). The molecule has 0 aliphatic carbocycles. The number of carbonyl (C=O) groups is 1. The molecule has 2 aromatic heterocycles. The molecule has 136 valence electrons. The fourth-order valence-electron chi connectivity index (χ4n) is 2.59. The Labute approximate surface area is 148 Å². The van der Waals surface area contributed by atoms with E-state index in [-0.39, 0.29) is 12.6 Å². The van der Waals surface area contributed by atoms with Gasteiger partial charge in [-0.2, -0.15) is 5.10 Å². The van der Waals surface area contributed by atoms with Crippen LogP contribution in [0.2, 0.25) is 0 Å². The van der Waals surface area contributed by atoms with Crippen LogP contribution in [0.25, 0.3) is 5.82 Å². The maximum Gasteiger partial charge on any atom is 0.315 e. The lowest BCUT2D eigenvalue weighted by molar-refractivity contribution is 0.147. The van der Waals surface area contributed by atoms with Gasteiger partial charge >= 0.3 is 6.03 Å². The lowest BCUT2D eigenvalue weighted by atomic mass is 10.1. The summed E-state index contributed by atoms with van der Waals surface area (Å²) in [7, 11) is 0. The molecule has 25 heavy (non-hydrogen) atoms. The minimum Gasteiger partial charge on any atom is -0.391 e. The lowest BCUT2D eigenvalue weighted by Crippen LogP contribution is -2.39. The van der Waals surface area contributed by atoms with E-state index in [1.807, 2.05) is 45.9 Å². The second kappa shape index (κ2) is 8.62. The first-order valence-electron chi connectivity index (χ1n) is 8.53. The van der Waals surface area contributed by atoms with E-state index in [4.69, 9.17) is 0 Å². The van der Waals surface area contributed by atoms with Crippen molar-refractivity contribution in [2.24, 2.45) is 5.92 Å². The molecule has 0 aromatic carbocycles. The SMILES string of the molecule is Cc1cc(C)n(-c2ccc(CNC(=O)NCC(O)CC(C)C)cn2)n1. The molecule has 2 heterocycles. The van der Waals surface area contributed by atoms with Gasteiger partial charge in [0.15, 0.2) is 5.82 Å². The number of aromatic nitrogens is 3. The van der Waals surface area contributed by atoms with Crippen molar-refractivity contribution in [2.45, 2.75) is 46.8 Å². The number of rotatable bonds is 7. The molecule has 0 radical (unpaired) electrons. The van der Waals surface area contributed by atoms with E-state index in [0.717, 1.165) is 22.8 Å². The van der Waals surface area contributed by atoms with Crippen molar-refractivity contribution in [3.8, 4) is 5.82 Å². The van der Waals surface area contributed by atoms with Crippen molar-refractivity contribution in [1.82, 2.24) is 25.4 Å². The van der Waals surface area contributed by atoms with Crippen LogP contribution in [-0.4, -0.2) is 38.6 Å². The Bertz CT molecular complexity index is 694. The average Bonchev–Trinajstić information content (AvgIpc) is 2.89. The van der Waals surface area contributed by atoms with Crippen molar-refractivity contribution in [2.75, 3.05) is 6.54 Å². The first-order chi connectivity index (χ1) is 11.8. The molecular formula is C18H27N5O2. The number of amides is 2. The normalized spacial score (nSPS) is 12.2. The van der Waals surface area contributed by atoms with Crippen LogP contribution in [0.4, 0.5) is 4.79 Å². The highest BCUT2D eigenvalue weighted by Crippen LogP contribution is 2.10. The average molecular weight is 345 g/mol. The molecule has 0 aliphatic rings. The largest absolute Gasteiger partial charge is 0.391 e. The predicted octanol–water partition coefficient (Wildman–Crippen LogP) is 2.09. The summed E-state index contributed by atoms with van der Waals surface area (Å²) in [6, 6.07) is 5.48. The van der Waals surface area contributed by atoms with Crippen molar-refractivity contribution in [3.63, 3.8) is 0 Å². The van der Waals surface area contributed by atoms with E-state index in [1.165, 1.54) is 0 Å². The van der Waals surface area contributed by atoms with Crippen LogP contribution in [0.15, 0.2) is 24.4 Å². The fraction of sp³-hybridized carbons (Fsp3) is 0.500. The fourth-order valence-corrected chi connectivity index (χ4v) is 2.59. The van der Waals surface area contributed by atoms with Gasteiger partial charge in [-0.1, -0.05) is 19.9 Å². The number of nitrogens with zero attached hydrogens (tertiary/aromatic N) is 3. The molecule has 0 aliphatic heterocycles. The summed E-state index contributed by atoms with van der Waals surface area (Å²) in [6.07, 6.45) is 1.87. The Hall–Kier alpha value is -2.41. The number of urea groups is 1. The second-order valence-corrected chi connectivity index (χ2v) is 6.71. The van der Waals surface area contributed by atoms with Crippen LogP contribution in [-0.2, 0) is 6.54 Å². The van der Waals surface area contributed by atoms with Crippen molar-refractivity contribution in [1.29, 1.82) is 0 Å². The van der Waals surface area contributed by atoms with Crippen LogP contribution in [0, 0.1) is 19.8 Å². The number of pyridine rings is 1. The quantitative estimate of drug-likeness (QED) is 0.716. The van der Waals surface area contributed by atoms with E-state index in [9.17, 15) is 9.90 Å². The number of hydrogen-bond acceptors (Lipinski definition) is 4. The van der Waals surface area contributed by atoms with Crippen LogP contribution < -0.4 is 10.6 Å². The molecular weight excluding hydrogens is 318 g/mol. The Morgan fingerprint density at radius 1 is 1.28 bits per heavy atom. The number of hydrogen-bond donors (Lipinski definition) is 3. The molecule has 1 atom stereocenters. The van der Waals surface area contributed by atoms with Gasteiger partial charge in [0.1, 0.15) is 0 Å². The molecule has 2 aromatic rings. The van der Waals surface area contributed by atoms with Gasteiger partial charge in [-0.05, 0) is 43.9 Å². The van der Waals surface area contributed by atoms with Gasteiger partial charge in [-0.3, -0.25) is 0 Å². The molecule has 0 bridgehead atoms. The summed E-state index contributed by atoms with van der Waals surface area (Å²) in [5.41, 5.74) is 2.86. The zero-order valence-electron chi connectivity index (χ0n) is 15.3. The Morgan fingerprint density at radius 2 is 2.04 bits per heavy atom. The number of aliphatic hydroxyl groups is 1. The van der Waals surface area contributed by atoms with E-state index in [0.29, 0.717) is 18.9 Å². The molecule has 0 saturated carbocycles. The Kier molecular flexibility index (Phi) is 6.52. The van der Waals surface area contributed by atoms with Gasteiger partial charge < -0.3 is 15.7 Å². The highest BCUT2D eigenvalue weighted by Gasteiger charge is 2.09. The number of aliphatic hydroxyl groups excluding tert-OH is 1. The topological polar surface area (TPSA) is 92.1 Å². The molecule has 7 heteroatoms. The maximum absolute atomic E-state index is 11.8. The zero-order valence-corrected chi connectivity index (χ0v) is 15.3. The van der Waals surface area contributed by atoms with E-state index in [1.54, 1.807) is 10.9 Å². The van der Waals surface area contributed by atoms with Crippen molar-refractivity contribution < 1.29 is 9.90 Å². The van der Waals surface area contributed by atoms with Crippen molar-refractivity contribution >= 4 is 6.03 Å². The molecule has 0 spiro atoms. The van der Waals surface area contributed by atoms with Gasteiger partial charge in [0.05, 0.1) is 11.8 Å². The van der Waals surface area contributed by atoms with Gasteiger partial charge in [-0.15, -0.1) is 0 Å². The molecule has 2 amide bonds. The van der Waals surface area contributed by atoms with Crippen LogP contribution in [0.3, 0.4) is 0 Å². The first kappa shape index (κ1) is 18.9. The van der Waals surface area contributed by atoms with Gasteiger partial charge in [0, 0.05) is 25.0 Å². The molecule has 1 unspecified atom stereocenters. The van der Waals surface area contributed by atoms with Crippen LogP contribution in [0.1, 0.15) is 37.2 Å². The monoisotopic (exact) mass is 345 g/mol. The number of carbonyl (C=O) groups excluding carboxylic acids is 1. The summed E-state index contributed by atoms with van der Waals surface area (Å²) < 4.78 is 1.79. The summed E-state index contributed by atoms with van der Waals surface area (Å²) in [4.78, 5) is 16.2. The summed E-state index contributed by atoms with van der Waals surface area (Å²) in [6.45, 7) is 8.61. The van der Waals surface area contributed by atoms with E-state index >= 15 is 0 Å².